The molecule has 3 N–H and O–H groups in total. The van der Waals surface area contributed by atoms with E-state index < -0.39 is 17.1 Å². The minimum absolute atomic E-state index is 0. The third-order valence-corrected chi connectivity index (χ3v) is 2.59. The summed E-state index contributed by atoms with van der Waals surface area (Å²) in [6.07, 6.45) is 0.722. The van der Waals surface area contributed by atoms with E-state index in [4.69, 9.17) is 14.4 Å². The Morgan fingerprint density at radius 3 is 2.23 bits per heavy atom. The summed E-state index contributed by atoms with van der Waals surface area (Å²) in [5, 5.41) is 0. The monoisotopic (exact) mass is 238 g/mol. The normalized spacial score (nSPS) is 13.5. The van der Waals surface area contributed by atoms with Gasteiger partial charge in [-0.25, -0.2) is 0 Å². The van der Waals surface area contributed by atoms with E-state index in [0.717, 1.165) is 0 Å². The molecule has 0 aliphatic carbocycles. The maximum atomic E-state index is 9.87. The zero-order chi connectivity index (χ0) is 9.61. The van der Waals surface area contributed by atoms with Crippen molar-refractivity contribution < 1.29 is 57.9 Å². The Morgan fingerprint density at radius 1 is 1.31 bits per heavy atom. The average molecular weight is 238 g/mol. The molecule has 0 saturated carbocycles. The Balaban J connectivity index is 0. The van der Waals surface area contributed by atoms with Gasteiger partial charge in [-0.05, 0) is 12.8 Å². The first kappa shape index (κ1) is 16.7. The Labute approximate surface area is 100 Å². The molecule has 0 aromatic heterocycles. The van der Waals surface area contributed by atoms with E-state index in [0.29, 0.717) is 12.8 Å². The molecule has 74 valence electrons. The van der Waals surface area contributed by atoms with Gasteiger partial charge in [0.15, 0.2) is 0 Å². The second-order valence-electron chi connectivity index (χ2n) is 2.33. The van der Waals surface area contributed by atoms with E-state index in [1.807, 2.05) is 0 Å². The van der Waals surface area contributed by atoms with E-state index in [1.165, 1.54) is 0 Å². The molecule has 9 heteroatoms. The molecular formula is C4H12NaO6PSi. The van der Waals surface area contributed by atoms with Crippen molar-refractivity contribution in [1.82, 2.24) is 0 Å². The van der Waals surface area contributed by atoms with Crippen molar-refractivity contribution in [3.63, 3.8) is 0 Å². The smallest absolute Gasteiger partial charge is 0.781 e. The zero-order valence-electron chi connectivity index (χ0n) is 7.39. The first-order valence-electron chi connectivity index (χ1n) is 3.43. The summed E-state index contributed by atoms with van der Waals surface area (Å²) in [6, 6.07) is -0.0872. The Kier molecular flexibility index (Phi) is 11.0. The molecule has 1 unspecified atom stereocenters. The Hall–Kier alpha value is 1.25. The van der Waals surface area contributed by atoms with Crippen molar-refractivity contribution in [3.05, 3.63) is 0 Å². The van der Waals surface area contributed by atoms with Crippen LogP contribution in [-0.4, -0.2) is 29.8 Å². The molecule has 0 bridgehead atoms. The van der Waals surface area contributed by atoms with Gasteiger partial charge in [0.25, 0.3) is 0 Å². The predicted molar refractivity (Wildman–Crippen MR) is 41.4 cm³/mol. The summed E-state index contributed by atoms with van der Waals surface area (Å²) >= 11 is 0. The van der Waals surface area contributed by atoms with Crippen LogP contribution in [0.2, 0.25) is 6.04 Å². The first-order chi connectivity index (χ1) is 5.42. The molecule has 0 fully saturated rings. The summed E-state index contributed by atoms with van der Waals surface area (Å²) in [5.74, 6) is 0. The van der Waals surface area contributed by atoms with Gasteiger partial charge >= 0.3 is 38.4 Å². The fourth-order valence-corrected chi connectivity index (χ4v) is 1.66. The van der Waals surface area contributed by atoms with Crippen LogP contribution in [0.3, 0.4) is 0 Å². The number of rotatable bonds is 6. The Bertz CT molecular complexity index is 150. The largest absolute Gasteiger partial charge is 1.00 e. The van der Waals surface area contributed by atoms with Gasteiger partial charge in [-0.3, -0.25) is 0 Å². The van der Waals surface area contributed by atoms with Crippen molar-refractivity contribution in [2.75, 3.05) is 6.61 Å². The van der Waals surface area contributed by atoms with Crippen LogP contribution < -0.4 is 34.5 Å². The molecule has 0 aliphatic rings. The van der Waals surface area contributed by atoms with Gasteiger partial charge in [0.2, 0.25) is 0 Å². The van der Waals surface area contributed by atoms with Crippen LogP contribution in [0.1, 0.15) is 12.8 Å². The number of unbranched alkanes of at least 4 members (excludes halogenated alkanes) is 1. The molecular weight excluding hydrogens is 226 g/mol. The van der Waals surface area contributed by atoms with Crippen molar-refractivity contribution in [3.8, 4) is 0 Å². The van der Waals surface area contributed by atoms with E-state index in [1.54, 1.807) is 0 Å². The van der Waals surface area contributed by atoms with Crippen LogP contribution in [0.25, 0.3) is 0 Å². The molecule has 6 nitrogen and oxygen atoms in total. The van der Waals surface area contributed by atoms with Gasteiger partial charge in [0.1, 0.15) is 8.25 Å². The van der Waals surface area contributed by atoms with Crippen molar-refractivity contribution in [2.45, 2.75) is 18.9 Å². The zero-order valence-corrected chi connectivity index (χ0v) is 11.4. The topological polar surface area (TPSA) is 110 Å². The van der Waals surface area contributed by atoms with Crippen molar-refractivity contribution in [1.29, 1.82) is 0 Å². The third-order valence-electron chi connectivity index (χ3n) is 1.13. The van der Waals surface area contributed by atoms with Gasteiger partial charge in [0.05, 0.1) is 6.61 Å². The third kappa shape index (κ3) is 16.0. The first-order valence-corrected chi connectivity index (χ1v) is 6.70. The van der Waals surface area contributed by atoms with Gasteiger partial charge in [-0.1, -0.05) is 0 Å². The summed E-state index contributed by atoms with van der Waals surface area (Å²) in [6.45, 7) is 0.0335. The van der Waals surface area contributed by atoms with Crippen LogP contribution in [0.5, 0.6) is 0 Å². The molecule has 0 radical (unpaired) electrons. The Morgan fingerprint density at radius 2 is 1.85 bits per heavy atom. The molecule has 0 aliphatic heterocycles. The molecule has 0 aromatic rings. The summed E-state index contributed by atoms with van der Waals surface area (Å²) in [5.41, 5.74) is 0. The van der Waals surface area contributed by atoms with Crippen molar-refractivity contribution >= 4 is 17.1 Å². The molecule has 0 saturated heterocycles. The fourth-order valence-electron chi connectivity index (χ4n) is 0.620. The molecule has 0 amide bonds. The number of hydrogen-bond donors (Lipinski definition) is 3. The second kappa shape index (κ2) is 8.55. The van der Waals surface area contributed by atoms with Gasteiger partial charge in [-0.2, -0.15) is 0 Å². The van der Waals surface area contributed by atoms with Crippen LogP contribution >= 0.6 is 8.25 Å². The standard InChI is InChI=1S/C4H13O6PSi.Na/c5-11(6)10-3-1-2-4-12(7,8)9;/h7-9,11H,1-4H2,(H,5,6);/q;+1/p-1. The van der Waals surface area contributed by atoms with E-state index in [2.05, 4.69) is 4.52 Å². The predicted octanol–water partition coefficient (Wildman–Crippen LogP) is -4.55. The molecule has 1 atom stereocenters. The minimum atomic E-state index is -3.94. The van der Waals surface area contributed by atoms with Crippen LogP contribution in [-0.2, 0) is 9.09 Å². The summed E-state index contributed by atoms with van der Waals surface area (Å²) in [4.78, 5) is 35.4. The van der Waals surface area contributed by atoms with Crippen LogP contribution in [0.4, 0.5) is 0 Å². The van der Waals surface area contributed by atoms with Gasteiger partial charge in [-0.15, -0.1) is 0 Å². The summed E-state index contributed by atoms with van der Waals surface area (Å²) < 4.78 is 14.1. The van der Waals surface area contributed by atoms with E-state index >= 15 is 0 Å². The minimum Gasteiger partial charge on any atom is -0.781 e. The maximum absolute atomic E-state index is 9.87. The molecule has 0 aromatic carbocycles. The van der Waals surface area contributed by atoms with Crippen LogP contribution in [0, 0.1) is 0 Å². The second-order valence-corrected chi connectivity index (χ2v) is 5.17. The summed E-state index contributed by atoms with van der Waals surface area (Å²) in [7, 11) is -7.06. The maximum Gasteiger partial charge on any atom is 1.00 e. The van der Waals surface area contributed by atoms with Crippen LogP contribution in [0.15, 0.2) is 0 Å². The molecule has 0 spiro atoms. The van der Waals surface area contributed by atoms with Gasteiger partial charge in [0, 0.05) is 6.04 Å². The SMILES string of the molecule is O=[PH]([O-])OCCCC[Si](O)(O)O.[Na+]. The van der Waals surface area contributed by atoms with E-state index in [9.17, 15) is 9.46 Å². The average Bonchev–Trinajstić information content (AvgIpc) is 1.83. The molecule has 0 rings (SSSR count). The quantitative estimate of drug-likeness (QED) is 0.244. The van der Waals surface area contributed by atoms with Gasteiger partial charge < -0.3 is 28.4 Å². The van der Waals surface area contributed by atoms with Crippen molar-refractivity contribution in [2.24, 2.45) is 0 Å². The molecule has 13 heavy (non-hydrogen) atoms. The molecule has 0 heterocycles. The number of hydrogen-bond acceptors (Lipinski definition) is 6. The van der Waals surface area contributed by atoms with E-state index in [-0.39, 0.29) is 42.2 Å². The fraction of sp³-hybridized carbons (Fsp3) is 1.00.